The average molecular weight is 387 g/mol. The number of carboxylic acids is 2. The van der Waals surface area contributed by atoms with Crippen molar-refractivity contribution in [1.82, 2.24) is 0 Å². The van der Waals surface area contributed by atoms with Crippen LogP contribution in [0.2, 0.25) is 0 Å². The van der Waals surface area contributed by atoms with E-state index in [1.165, 1.54) is 42.5 Å². The molecule has 0 heterocycles. The van der Waals surface area contributed by atoms with Gasteiger partial charge in [-0.3, -0.25) is 9.59 Å². The summed E-state index contributed by atoms with van der Waals surface area (Å²) in [6, 6.07) is 14.6. The highest BCUT2D eigenvalue weighted by molar-refractivity contribution is 6.31. The second kappa shape index (κ2) is 6.72. The second-order valence-corrected chi connectivity index (χ2v) is 6.43. The highest BCUT2D eigenvalue weighted by Crippen LogP contribution is 2.35. The van der Waals surface area contributed by atoms with Crippen LogP contribution in [0.5, 0.6) is 0 Å². The number of fused-ring (bicyclic) bond motifs is 2. The molecule has 0 fully saturated rings. The van der Waals surface area contributed by atoms with Crippen LogP contribution < -0.4 is 5.32 Å². The van der Waals surface area contributed by atoms with Gasteiger partial charge in [-0.25, -0.2) is 9.59 Å². The highest BCUT2D eigenvalue weighted by Gasteiger charge is 2.33. The van der Waals surface area contributed by atoms with Crippen LogP contribution in [0.15, 0.2) is 60.7 Å². The average Bonchev–Trinajstić information content (AvgIpc) is 2.72. The Hall–Kier alpha value is -4.26. The summed E-state index contributed by atoms with van der Waals surface area (Å²) < 4.78 is 0. The van der Waals surface area contributed by atoms with Crippen LogP contribution >= 0.6 is 0 Å². The SMILES string of the molecule is O=C(O)c1ccc(Nc2c(C(=O)O)ccc3c2C(=O)c2ccccc2C3=O)cc1. The number of hydrogen-bond donors (Lipinski definition) is 3. The van der Waals surface area contributed by atoms with Gasteiger partial charge >= 0.3 is 11.9 Å². The van der Waals surface area contributed by atoms with Gasteiger partial charge in [0.25, 0.3) is 0 Å². The van der Waals surface area contributed by atoms with Gasteiger partial charge in [0, 0.05) is 22.4 Å². The van der Waals surface area contributed by atoms with E-state index in [0.29, 0.717) is 5.69 Å². The maximum atomic E-state index is 13.1. The molecule has 0 bridgehead atoms. The van der Waals surface area contributed by atoms with Crippen molar-refractivity contribution in [2.45, 2.75) is 0 Å². The van der Waals surface area contributed by atoms with Crippen molar-refractivity contribution < 1.29 is 29.4 Å². The van der Waals surface area contributed by atoms with Gasteiger partial charge in [-0.15, -0.1) is 0 Å². The van der Waals surface area contributed by atoms with Crippen molar-refractivity contribution in [2.24, 2.45) is 0 Å². The number of aromatic carboxylic acids is 2. The molecular weight excluding hydrogens is 374 g/mol. The lowest BCUT2D eigenvalue weighted by atomic mass is 9.82. The highest BCUT2D eigenvalue weighted by atomic mass is 16.4. The molecule has 0 spiro atoms. The van der Waals surface area contributed by atoms with E-state index in [1.54, 1.807) is 18.2 Å². The first-order valence-corrected chi connectivity index (χ1v) is 8.57. The number of ketones is 2. The van der Waals surface area contributed by atoms with E-state index in [1.807, 2.05) is 0 Å². The summed E-state index contributed by atoms with van der Waals surface area (Å²) in [5.74, 6) is -3.19. The molecular formula is C22H13NO6. The molecule has 7 nitrogen and oxygen atoms in total. The normalized spacial score (nSPS) is 12.1. The van der Waals surface area contributed by atoms with Gasteiger partial charge in [0.1, 0.15) is 0 Å². The second-order valence-electron chi connectivity index (χ2n) is 6.43. The molecule has 3 N–H and O–H groups in total. The smallest absolute Gasteiger partial charge is 0.337 e. The predicted octanol–water partition coefficient (Wildman–Crippen LogP) is 3.60. The van der Waals surface area contributed by atoms with Crippen LogP contribution in [0, 0.1) is 0 Å². The first-order chi connectivity index (χ1) is 13.9. The number of nitrogens with one attached hydrogen (secondary N) is 1. The Morgan fingerprint density at radius 3 is 1.90 bits per heavy atom. The Kier molecular flexibility index (Phi) is 4.20. The third-order valence-electron chi connectivity index (χ3n) is 4.72. The molecule has 0 unspecified atom stereocenters. The van der Waals surface area contributed by atoms with Gasteiger partial charge < -0.3 is 15.5 Å². The quantitative estimate of drug-likeness (QED) is 0.489. The summed E-state index contributed by atoms with van der Waals surface area (Å²) in [5.41, 5.74) is 0.827. The van der Waals surface area contributed by atoms with Gasteiger partial charge in [-0.1, -0.05) is 24.3 Å². The van der Waals surface area contributed by atoms with Gasteiger partial charge in [0.15, 0.2) is 11.6 Å². The first-order valence-electron chi connectivity index (χ1n) is 8.57. The minimum absolute atomic E-state index is 0.00840. The zero-order valence-electron chi connectivity index (χ0n) is 14.8. The number of hydrogen-bond acceptors (Lipinski definition) is 5. The molecule has 3 aromatic rings. The molecule has 0 saturated heterocycles. The zero-order chi connectivity index (χ0) is 20.7. The lowest BCUT2D eigenvalue weighted by Crippen LogP contribution is -2.23. The van der Waals surface area contributed by atoms with Crippen molar-refractivity contribution >= 4 is 34.9 Å². The Bertz CT molecular complexity index is 1210. The summed E-state index contributed by atoms with van der Waals surface area (Å²) >= 11 is 0. The standard InChI is InChI=1S/C22H13NO6/c24-19-13-3-1-2-4-14(13)20(25)17-15(19)9-10-16(22(28)29)18(17)23-12-7-5-11(6-8-12)21(26)27/h1-10,23H,(H,26,27)(H,28,29). The zero-order valence-corrected chi connectivity index (χ0v) is 14.8. The minimum atomic E-state index is -1.27. The molecule has 0 aromatic heterocycles. The van der Waals surface area contributed by atoms with Crippen LogP contribution in [0.25, 0.3) is 0 Å². The fraction of sp³-hybridized carbons (Fsp3) is 0. The summed E-state index contributed by atoms with van der Waals surface area (Å²) in [4.78, 5) is 48.8. The topological polar surface area (TPSA) is 121 Å². The molecule has 4 rings (SSSR count). The molecule has 7 heteroatoms. The molecule has 0 amide bonds. The molecule has 0 aliphatic heterocycles. The maximum absolute atomic E-state index is 13.1. The van der Waals surface area contributed by atoms with Crippen molar-refractivity contribution in [3.8, 4) is 0 Å². The van der Waals surface area contributed by atoms with Gasteiger partial charge in [0.05, 0.1) is 22.4 Å². The Labute approximate surface area is 164 Å². The van der Waals surface area contributed by atoms with E-state index in [2.05, 4.69) is 5.32 Å². The number of anilines is 2. The molecule has 1 aliphatic rings. The fourth-order valence-corrected chi connectivity index (χ4v) is 3.34. The molecule has 0 radical (unpaired) electrons. The molecule has 0 saturated carbocycles. The fourth-order valence-electron chi connectivity index (χ4n) is 3.34. The molecule has 1 aliphatic carbocycles. The number of carboxylic acid groups (broad SMARTS) is 2. The third kappa shape index (κ3) is 2.94. The van der Waals surface area contributed by atoms with Gasteiger partial charge in [-0.05, 0) is 36.4 Å². The maximum Gasteiger partial charge on any atom is 0.337 e. The van der Waals surface area contributed by atoms with Crippen molar-refractivity contribution in [3.63, 3.8) is 0 Å². The Morgan fingerprint density at radius 1 is 0.690 bits per heavy atom. The van der Waals surface area contributed by atoms with E-state index in [-0.39, 0.29) is 44.9 Å². The minimum Gasteiger partial charge on any atom is -0.478 e. The summed E-state index contributed by atoms with van der Waals surface area (Å²) in [5, 5.41) is 21.5. The number of carbonyl (C=O) groups excluding carboxylic acids is 2. The number of rotatable bonds is 4. The number of carbonyl (C=O) groups is 4. The summed E-state index contributed by atoms with van der Waals surface area (Å²) in [6.07, 6.45) is 0. The summed E-state index contributed by atoms with van der Waals surface area (Å²) in [6.45, 7) is 0. The molecule has 29 heavy (non-hydrogen) atoms. The first kappa shape index (κ1) is 18.1. The Balaban J connectivity index is 1.89. The Morgan fingerprint density at radius 2 is 1.31 bits per heavy atom. The predicted molar refractivity (Wildman–Crippen MR) is 103 cm³/mol. The van der Waals surface area contributed by atoms with E-state index < -0.39 is 17.7 Å². The summed E-state index contributed by atoms with van der Waals surface area (Å²) in [7, 11) is 0. The monoisotopic (exact) mass is 387 g/mol. The van der Waals surface area contributed by atoms with Crippen LogP contribution in [-0.2, 0) is 0 Å². The molecule has 3 aromatic carbocycles. The number of benzene rings is 3. The lowest BCUT2D eigenvalue weighted by molar-refractivity contribution is 0.0686. The van der Waals surface area contributed by atoms with Crippen LogP contribution in [0.4, 0.5) is 11.4 Å². The van der Waals surface area contributed by atoms with E-state index in [9.17, 15) is 24.3 Å². The van der Waals surface area contributed by atoms with Crippen molar-refractivity contribution in [3.05, 3.63) is 94.0 Å². The van der Waals surface area contributed by atoms with Crippen molar-refractivity contribution in [2.75, 3.05) is 5.32 Å². The largest absolute Gasteiger partial charge is 0.478 e. The van der Waals surface area contributed by atoms with Gasteiger partial charge in [0.2, 0.25) is 0 Å². The van der Waals surface area contributed by atoms with E-state index in [4.69, 9.17) is 5.11 Å². The lowest BCUT2D eigenvalue weighted by Gasteiger charge is -2.22. The van der Waals surface area contributed by atoms with E-state index in [0.717, 1.165) is 0 Å². The third-order valence-corrected chi connectivity index (χ3v) is 4.72. The van der Waals surface area contributed by atoms with Crippen molar-refractivity contribution in [1.29, 1.82) is 0 Å². The van der Waals surface area contributed by atoms with E-state index >= 15 is 0 Å². The van der Waals surface area contributed by atoms with Crippen LogP contribution in [0.1, 0.15) is 52.6 Å². The van der Waals surface area contributed by atoms with Crippen LogP contribution in [0.3, 0.4) is 0 Å². The molecule has 142 valence electrons. The van der Waals surface area contributed by atoms with Crippen LogP contribution in [-0.4, -0.2) is 33.7 Å². The van der Waals surface area contributed by atoms with Gasteiger partial charge in [-0.2, -0.15) is 0 Å². The molecule has 0 atom stereocenters.